The van der Waals surface area contributed by atoms with Gasteiger partial charge in [-0.25, -0.2) is 0 Å². The van der Waals surface area contributed by atoms with Crippen LogP contribution in [0.1, 0.15) is 49.0 Å². The zero-order valence-electron chi connectivity index (χ0n) is 12.7. The Morgan fingerprint density at radius 1 is 1.05 bits per heavy atom. The van der Waals surface area contributed by atoms with E-state index in [1.807, 2.05) is 24.3 Å². The molecule has 0 heterocycles. The van der Waals surface area contributed by atoms with Crippen LogP contribution in [0.2, 0.25) is 5.02 Å². The second-order valence-electron chi connectivity index (χ2n) is 5.40. The summed E-state index contributed by atoms with van der Waals surface area (Å²) >= 11 is 6.41. The Morgan fingerprint density at radius 2 is 1.76 bits per heavy atom. The first-order valence-electron chi connectivity index (χ1n) is 7.51. The molecule has 0 spiro atoms. The highest BCUT2D eigenvalue weighted by Crippen LogP contribution is 2.29. The number of hydrogen-bond donors (Lipinski definition) is 0. The van der Waals surface area contributed by atoms with Gasteiger partial charge in [-0.1, -0.05) is 67.8 Å². The number of carbonyl (C=O) groups is 1. The van der Waals surface area contributed by atoms with Crippen molar-refractivity contribution in [1.29, 1.82) is 0 Å². The first kappa shape index (κ1) is 15.8. The minimum Gasteiger partial charge on any atom is -0.295 e. The van der Waals surface area contributed by atoms with Gasteiger partial charge >= 0.3 is 0 Å². The zero-order valence-corrected chi connectivity index (χ0v) is 13.4. The van der Waals surface area contributed by atoms with Crippen LogP contribution in [0, 0.1) is 0 Å². The monoisotopic (exact) mass is 300 g/mol. The van der Waals surface area contributed by atoms with Crippen LogP contribution in [0.3, 0.4) is 0 Å². The molecule has 0 bridgehead atoms. The molecule has 0 radical (unpaired) electrons. The summed E-state index contributed by atoms with van der Waals surface area (Å²) in [5.41, 5.74) is 4.08. The summed E-state index contributed by atoms with van der Waals surface area (Å²) in [6.07, 6.45) is 4.77. The highest BCUT2D eigenvalue weighted by atomic mass is 35.5. The molecular formula is C19H21ClO. The number of benzene rings is 2. The molecule has 0 aliphatic rings. The number of hydrogen-bond acceptors (Lipinski definition) is 1. The number of halogens is 1. The van der Waals surface area contributed by atoms with E-state index in [-0.39, 0.29) is 5.78 Å². The Morgan fingerprint density at radius 3 is 2.33 bits per heavy atom. The van der Waals surface area contributed by atoms with E-state index >= 15 is 0 Å². The van der Waals surface area contributed by atoms with E-state index in [0.29, 0.717) is 0 Å². The quantitative estimate of drug-likeness (QED) is 0.476. The summed E-state index contributed by atoms with van der Waals surface area (Å²) in [5, 5.41) is 0.777. The molecule has 21 heavy (non-hydrogen) atoms. The molecular weight excluding hydrogens is 280 g/mol. The third-order valence-electron chi connectivity index (χ3n) is 3.70. The van der Waals surface area contributed by atoms with Crippen LogP contribution in [-0.2, 0) is 6.42 Å². The Hall–Kier alpha value is -1.60. The van der Waals surface area contributed by atoms with Crippen LogP contribution in [-0.4, -0.2) is 5.78 Å². The normalized spacial score (nSPS) is 10.6. The van der Waals surface area contributed by atoms with Gasteiger partial charge in [-0.05, 0) is 37.0 Å². The smallest absolute Gasteiger partial charge is 0.159 e. The topological polar surface area (TPSA) is 17.1 Å². The second kappa shape index (κ2) is 7.42. The largest absolute Gasteiger partial charge is 0.295 e. The van der Waals surface area contributed by atoms with Crippen molar-refractivity contribution in [2.24, 2.45) is 0 Å². The van der Waals surface area contributed by atoms with Crippen LogP contribution in [0.15, 0.2) is 42.5 Å². The van der Waals surface area contributed by atoms with Gasteiger partial charge in [0.15, 0.2) is 5.78 Å². The van der Waals surface area contributed by atoms with Crippen LogP contribution in [0.4, 0.5) is 0 Å². The summed E-state index contributed by atoms with van der Waals surface area (Å²) in [6, 6.07) is 13.9. The molecule has 110 valence electrons. The molecule has 2 aromatic carbocycles. The van der Waals surface area contributed by atoms with E-state index in [2.05, 4.69) is 25.1 Å². The lowest BCUT2D eigenvalue weighted by atomic mass is 9.99. The zero-order chi connectivity index (χ0) is 15.2. The van der Waals surface area contributed by atoms with E-state index in [1.165, 1.54) is 24.8 Å². The van der Waals surface area contributed by atoms with Gasteiger partial charge in [0.1, 0.15) is 0 Å². The van der Waals surface area contributed by atoms with Gasteiger partial charge < -0.3 is 0 Å². The van der Waals surface area contributed by atoms with Crippen molar-refractivity contribution in [2.75, 3.05) is 0 Å². The number of Topliss-reactive ketones (excluding diaryl/α,β-unsaturated/α-hetero) is 1. The summed E-state index contributed by atoms with van der Waals surface area (Å²) in [6.45, 7) is 3.79. The summed E-state index contributed by atoms with van der Waals surface area (Å²) in [7, 11) is 0. The maximum Gasteiger partial charge on any atom is 0.159 e. The number of aryl methyl sites for hydroxylation is 1. The van der Waals surface area contributed by atoms with Gasteiger partial charge in [-0.2, -0.15) is 0 Å². The number of carbonyl (C=O) groups excluding carboxylic acids is 1. The van der Waals surface area contributed by atoms with Crippen LogP contribution in [0.25, 0.3) is 11.1 Å². The number of unbranched alkanes of at least 4 members (excludes halogenated alkanes) is 2. The fourth-order valence-electron chi connectivity index (χ4n) is 2.41. The maximum absolute atomic E-state index is 11.3. The minimum absolute atomic E-state index is 0.0823. The molecule has 0 aliphatic carbocycles. The Balaban J connectivity index is 2.18. The van der Waals surface area contributed by atoms with Gasteiger partial charge in [0, 0.05) is 16.1 Å². The molecule has 2 aromatic rings. The lowest BCUT2D eigenvalue weighted by molar-refractivity contribution is 0.101. The average molecular weight is 301 g/mol. The Kier molecular flexibility index (Phi) is 5.58. The minimum atomic E-state index is 0.0823. The third-order valence-corrected chi connectivity index (χ3v) is 4.02. The average Bonchev–Trinajstić information content (AvgIpc) is 2.48. The Bertz CT molecular complexity index is 614. The van der Waals surface area contributed by atoms with Crippen LogP contribution in [0.5, 0.6) is 0 Å². The highest BCUT2D eigenvalue weighted by molar-refractivity contribution is 6.33. The molecule has 0 aliphatic heterocycles. The van der Waals surface area contributed by atoms with E-state index in [1.54, 1.807) is 6.92 Å². The van der Waals surface area contributed by atoms with Crippen molar-refractivity contribution in [1.82, 2.24) is 0 Å². The van der Waals surface area contributed by atoms with E-state index in [0.717, 1.165) is 28.1 Å². The standard InChI is InChI=1S/C19H21ClO/c1-3-4-5-6-15-7-12-18(19(20)13-15)17-10-8-16(9-11-17)14(2)21/h7-13H,3-6H2,1-2H3. The van der Waals surface area contributed by atoms with Gasteiger partial charge in [0.05, 0.1) is 0 Å². The molecule has 0 fully saturated rings. The molecule has 0 saturated heterocycles. The lowest BCUT2D eigenvalue weighted by Crippen LogP contribution is -1.91. The van der Waals surface area contributed by atoms with Crippen molar-refractivity contribution in [2.45, 2.75) is 39.5 Å². The highest BCUT2D eigenvalue weighted by Gasteiger charge is 2.06. The molecule has 0 amide bonds. The lowest BCUT2D eigenvalue weighted by Gasteiger charge is -2.08. The van der Waals surface area contributed by atoms with Crippen LogP contribution < -0.4 is 0 Å². The van der Waals surface area contributed by atoms with Crippen molar-refractivity contribution in [3.63, 3.8) is 0 Å². The third kappa shape index (κ3) is 4.18. The number of ketones is 1. The van der Waals surface area contributed by atoms with Gasteiger partial charge in [-0.3, -0.25) is 4.79 Å². The fourth-order valence-corrected chi connectivity index (χ4v) is 2.72. The van der Waals surface area contributed by atoms with Crippen molar-refractivity contribution in [3.8, 4) is 11.1 Å². The molecule has 1 nitrogen and oxygen atoms in total. The van der Waals surface area contributed by atoms with Gasteiger partial charge in [0.2, 0.25) is 0 Å². The van der Waals surface area contributed by atoms with Crippen molar-refractivity contribution in [3.05, 3.63) is 58.6 Å². The predicted molar refractivity (Wildman–Crippen MR) is 90.1 cm³/mol. The van der Waals surface area contributed by atoms with Crippen molar-refractivity contribution < 1.29 is 4.79 Å². The van der Waals surface area contributed by atoms with E-state index in [9.17, 15) is 4.79 Å². The first-order valence-corrected chi connectivity index (χ1v) is 7.89. The number of rotatable bonds is 6. The van der Waals surface area contributed by atoms with E-state index in [4.69, 9.17) is 11.6 Å². The fraction of sp³-hybridized carbons (Fsp3) is 0.316. The molecule has 0 aromatic heterocycles. The molecule has 2 rings (SSSR count). The van der Waals surface area contributed by atoms with Gasteiger partial charge in [0.25, 0.3) is 0 Å². The van der Waals surface area contributed by atoms with E-state index < -0.39 is 0 Å². The first-order chi connectivity index (χ1) is 10.1. The Labute approximate surface area is 132 Å². The summed E-state index contributed by atoms with van der Waals surface area (Å²) < 4.78 is 0. The maximum atomic E-state index is 11.3. The van der Waals surface area contributed by atoms with Gasteiger partial charge in [-0.15, -0.1) is 0 Å². The predicted octanol–water partition coefficient (Wildman–Crippen LogP) is 5.94. The molecule has 0 unspecified atom stereocenters. The summed E-state index contributed by atoms with van der Waals surface area (Å²) in [5.74, 6) is 0.0823. The van der Waals surface area contributed by atoms with Crippen molar-refractivity contribution >= 4 is 17.4 Å². The SMILES string of the molecule is CCCCCc1ccc(-c2ccc(C(C)=O)cc2)c(Cl)c1. The second-order valence-corrected chi connectivity index (χ2v) is 5.81. The summed E-state index contributed by atoms with van der Waals surface area (Å²) in [4.78, 5) is 11.3. The van der Waals surface area contributed by atoms with Crippen LogP contribution >= 0.6 is 11.6 Å². The molecule has 0 N–H and O–H groups in total. The molecule has 0 saturated carbocycles. The molecule has 0 atom stereocenters. The molecule has 2 heteroatoms.